The Morgan fingerprint density at radius 1 is 1.20 bits per heavy atom. The minimum absolute atomic E-state index is 0.123. The molecular formula is C13H15ClO. The fourth-order valence-corrected chi connectivity index (χ4v) is 1.12. The maximum Gasteiger partial charge on any atom is 0.161 e. The van der Waals surface area contributed by atoms with Crippen LogP contribution in [0.4, 0.5) is 0 Å². The monoisotopic (exact) mass is 222 g/mol. The number of benzene rings is 1. The summed E-state index contributed by atoms with van der Waals surface area (Å²) in [4.78, 5) is 11.6. The van der Waals surface area contributed by atoms with Crippen molar-refractivity contribution >= 4 is 23.5 Å². The highest BCUT2D eigenvalue weighted by molar-refractivity contribution is 6.30. The lowest BCUT2D eigenvalue weighted by Crippen LogP contribution is -2.17. The summed E-state index contributed by atoms with van der Waals surface area (Å²) >= 11 is 5.76. The molecule has 0 aliphatic carbocycles. The first kappa shape index (κ1) is 12.0. The summed E-state index contributed by atoms with van der Waals surface area (Å²) in [7, 11) is 0. The number of ketones is 1. The van der Waals surface area contributed by atoms with Crippen molar-refractivity contribution in [2.45, 2.75) is 20.8 Å². The Hall–Kier alpha value is -1.08. The summed E-state index contributed by atoms with van der Waals surface area (Å²) in [6, 6.07) is 7.38. The van der Waals surface area contributed by atoms with E-state index in [0.717, 1.165) is 5.56 Å². The summed E-state index contributed by atoms with van der Waals surface area (Å²) < 4.78 is 0. The average molecular weight is 223 g/mol. The predicted octanol–water partition coefficient (Wildman–Crippen LogP) is 3.97. The zero-order chi connectivity index (χ0) is 11.5. The van der Waals surface area contributed by atoms with Gasteiger partial charge in [-0.1, -0.05) is 50.6 Å². The van der Waals surface area contributed by atoms with Gasteiger partial charge in [-0.3, -0.25) is 4.79 Å². The minimum atomic E-state index is -0.317. The van der Waals surface area contributed by atoms with Crippen LogP contribution < -0.4 is 0 Å². The molecule has 15 heavy (non-hydrogen) atoms. The molecule has 1 aromatic carbocycles. The van der Waals surface area contributed by atoms with E-state index in [4.69, 9.17) is 11.6 Å². The smallest absolute Gasteiger partial charge is 0.161 e. The molecule has 0 atom stereocenters. The van der Waals surface area contributed by atoms with E-state index in [1.807, 2.05) is 51.1 Å². The first-order valence-corrected chi connectivity index (χ1v) is 5.25. The molecule has 0 heterocycles. The van der Waals surface area contributed by atoms with E-state index in [9.17, 15) is 4.79 Å². The van der Waals surface area contributed by atoms with Crippen LogP contribution in [0.2, 0.25) is 5.02 Å². The van der Waals surface area contributed by atoms with Gasteiger partial charge in [-0.15, -0.1) is 0 Å². The van der Waals surface area contributed by atoms with Crippen LogP contribution in [0.15, 0.2) is 30.3 Å². The quantitative estimate of drug-likeness (QED) is 0.692. The molecule has 2 heteroatoms. The van der Waals surface area contributed by atoms with Gasteiger partial charge in [0.25, 0.3) is 0 Å². The van der Waals surface area contributed by atoms with Crippen molar-refractivity contribution in [3.05, 3.63) is 40.9 Å². The molecule has 0 aliphatic heterocycles. The Balaban J connectivity index is 2.74. The van der Waals surface area contributed by atoms with Crippen LogP contribution in [0.5, 0.6) is 0 Å². The SMILES string of the molecule is CC(C)(C)C(=O)C=Cc1ccc(Cl)cc1. The zero-order valence-electron chi connectivity index (χ0n) is 9.25. The molecular weight excluding hydrogens is 208 g/mol. The Bertz CT molecular complexity index is 369. The minimum Gasteiger partial charge on any atom is -0.294 e. The van der Waals surface area contributed by atoms with E-state index in [1.165, 1.54) is 0 Å². The molecule has 1 aromatic rings. The Morgan fingerprint density at radius 2 is 1.73 bits per heavy atom. The lowest BCUT2D eigenvalue weighted by molar-refractivity contribution is -0.121. The van der Waals surface area contributed by atoms with Gasteiger partial charge in [-0.2, -0.15) is 0 Å². The van der Waals surface area contributed by atoms with Crippen molar-refractivity contribution in [2.75, 3.05) is 0 Å². The van der Waals surface area contributed by atoms with E-state index in [-0.39, 0.29) is 11.2 Å². The summed E-state index contributed by atoms with van der Waals surface area (Å²) in [6.45, 7) is 5.71. The van der Waals surface area contributed by atoms with E-state index >= 15 is 0 Å². The molecule has 0 bridgehead atoms. The highest BCUT2D eigenvalue weighted by atomic mass is 35.5. The van der Waals surface area contributed by atoms with Crippen LogP contribution in [0.25, 0.3) is 6.08 Å². The molecule has 0 saturated heterocycles. The number of halogens is 1. The number of hydrogen-bond acceptors (Lipinski definition) is 1. The highest BCUT2D eigenvalue weighted by Crippen LogP contribution is 2.16. The van der Waals surface area contributed by atoms with Crippen molar-refractivity contribution in [1.29, 1.82) is 0 Å². The lowest BCUT2D eigenvalue weighted by atomic mass is 9.90. The van der Waals surface area contributed by atoms with Crippen molar-refractivity contribution in [3.8, 4) is 0 Å². The van der Waals surface area contributed by atoms with Gasteiger partial charge < -0.3 is 0 Å². The van der Waals surface area contributed by atoms with Crippen LogP contribution in [-0.2, 0) is 4.79 Å². The summed E-state index contributed by atoms with van der Waals surface area (Å²) in [5.74, 6) is 0.123. The van der Waals surface area contributed by atoms with Gasteiger partial charge in [-0.05, 0) is 23.8 Å². The third kappa shape index (κ3) is 3.88. The van der Waals surface area contributed by atoms with Gasteiger partial charge >= 0.3 is 0 Å². The van der Waals surface area contributed by atoms with E-state index in [1.54, 1.807) is 6.08 Å². The normalized spacial score (nSPS) is 12.0. The largest absolute Gasteiger partial charge is 0.294 e. The van der Waals surface area contributed by atoms with Gasteiger partial charge in [0.15, 0.2) is 5.78 Å². The van der Waals surface area contributed by atoms with Crippen molar-refractivity contribution < 1.29 is 4.79 Å². The van der Waals surface area contributed by atoms with Crippen molar-refractivity contribution in [3.63, 3.8) is 0 Å². The van der Waals surface area contributed by atoms with Crippen molar-refractivity contribution in [2.24, 2.45) is 5.41 Å². The first-order chi connectivity index (χ1) is 6.89. The van der Waals surface area contributed by atoms with E-state index in [2.05, 4.69) is 0 Å². The molecule has 0 saturated carbocycles. The standard InChI is InChI=1S/C13H15ClO/c1-13(2,3)12(15)9-6-10-4-7-11(14)8-5-10/h4-9H,1-3H3. The molecule has 80 valence electrons. The van der Waals surface area contributed by atoms with E-state index in [0.29, 0.717) is 5.02 Å². The fourth-order valence-electron chi connectivity index (χ4n) is 0.996. The molecule has 1 rings (SSSR count). The van der Waals surface area contributed by atoms with Crippen LogP contribution >= 0.6 is 11.6 Å². The molecule has 0 unspecified atom stereocenters. The number of rotatable bonds is 2. The first-order valence-electron chi connectivity index (χ1n) is 4.88. The Labute approximate surface area is 95.8 Å². The Morgan fingerprint density at radius 3 is 2.20 bits per heavy atom. The van der Waals surface area contributed by atoms with Crippen LogP contribution in [0.3, 0.4) is 0 Å². The van der Waals surface area contributed by atoms with Gasteiger partial charge in [0, 0.05) is 10.4 Å². The third-order valence-electron chi connectivity index (χ3n) is 2.04. The van der Waals surface area contributed by atoms with Crippen LogP contribution in [0, 0.1) is 5.41 Å². The maximum absolute atomic E-state index is 11.6. The molecule has 0 N–H and O–H groups in total. The highest BCUT2D eigenvalue weighted by Gasteiger charge is 2.17. The molecule has 0 spiro atoms. The predicted molar refractivity (Wildman–Crippen MR) is 64.9 cm³/mol. The molecule has 0 radical (unpaired) electrons. The second kappa shape index (κ2) is 4.63. The average Bonchev–Trinajstić information content (AvgIpc) is 2.15. The topological polar surface area (TPSA) is 17.1 Å². The second-order valence-electron chi connectivity index (χ2n) is 4.50. The van der Waals surface area contributed by atoms with Gasteiger partial charge in [0.05, 0.1) is 0 Å². The van der Waals surface area contributed by atoms with Crippen LogP contribution in [-0.4, -0.2) is 5.78 Å². The molecule has 0 aliphatic rings. The summed E-state index contributed by atoms with van der Waals surface area (Å²) in [5, 5.41) is 0.703. The number of hydrogen-bond donors (Lipinski definition) is 0. The number of carbonyl (C=O) groups excluding carboxylic acids is 1. The van der Waals surface area contributed by atoms with Gasteiger partial charge in [0.1, 0.15) is 0 Å². The second-order valence-corrected chi connectivity index (χ2v) is 4.94. The summed E-state index contributed by atoms with van der Waals surface area (Å²) in [6.07, 6.45) is 3.42. The maximum atomic E-state index is 11.6. The molecule has 0 aromatic heterocycles. The summed E-state index contributed by atoms with van der Waals surface area (Å²) in [5.41, 5.74) is 0.667. The van der Waals surface area contributed by atoms with Gasteiger partial charge in [0.2, 0.25) is 0 Å². The fraction of sp³-hybridized carbons (Fsp3) is 0.308. The van der Waals surface area contributed by atoms with Gasteiger partial charge in [-0.25, -0.2) is 0 Å². The Kier molecular flexibility index (Phi) is 3.70. The third-order valence-corrected chi connectivity index (χ3v) is 2.29. The van der Waals surface area contributed by atoms with E-state index < -0.39 is 0 Å². The van der Waals surface area contributed by atoms with Crippen molar-refractivity contribution in [1.82, 2.24) is 0 Å². The number of allylic oxidation sites excluding steroid dienone is 1. The molecule has 0 amide bonds. The van der Waals surface area contributed by atoms with Crippen LogP contribution in [0.1, 0.15) is 26.3 Å². The number of carbonyl (C=O) groups is 1. The molecule has 1 nitrogen and oxygen atoms in total. The lowest BCUT2D eigenvalue weighted by Gasteiger charge is -2.12. The molecule has 0 fully saturated rings. The zero-order valence-corrected chi connectivity index (χ0v) is 10.0.